The van der Waals surface area contributed by atoms with Crippen LogP contribution in [0.3, 0.4) is 0 Å². The molecule has 0 spiro atoms. The van der Waals surface area contributed by atoms with E-state index >= 15 is 0 Å². The molecule has 0 aromatic rings. The van der Waals surface area contributed by atoms with Gasteiger partial charge in [-0.3, -0.25) is 0 Å². The van der Waals surface area contributed by atoms with Crippen LogP contribution in [0.25, 0.3) is 0 Å². The highest BCUT2D eigenvalue weighted by Crippen LogP contribution is 2.27. The second kappa shape index (κ2) is 2.22. The third-order valence-corrected chi connectivity index (χ3v) is 5.62. The molecule has 0 N–H and O–H groups in total. The van der Waals surface area contributed by atoms with Gasteiger partial charge in [-0.1, -0.05) is 44.4 Å². The first-order valence-electron chi connectivity index (χ1n) is 3.71. The minimum Gasteiger partial charge on any atom is -0.0693 e. The van der Waals surface area contributed by atoms with Gasteiger partial charge < -0.3 is 0 Å². The van der Waals surface area contributed by atoms with Crippen LogP contribution in [-0.4, -0.2) is 8.07 Å². The van der Waals surface area contributed by atoms with Gasteiger partial charge in [-0.05, 0) is 0 Å². The number of rotatable bonds is 0. The van der Waals surface area contributed by atoms with E-state index in [2.05, 4.69) is 13.1 Å². The lowest BCUT2D eigenvalue weighted by Crippen LogP contribution is -2.27. The molecule has 0 bridgehead atoms. The van der Waals surface area contributed by atoms with Gasteiger partial charge >= 0.3 is 0 Å². The Hall–Kier alpha value is 0.217. The van der Waals surface area contributed by atoms with Crippen molar-refractivity contribution in [1.82, 2.24) is 0 Å². The second-order valence-corrected chi connectivity index (χ2v) is 9.05. The van der Waals surface area contributed by atoms with Gasteiger partial charge in [0.15, 0.2) is 0 Å². The molecule has 1 aliphatic rings. The Morgan fingerprint density at radius 3 is 1.62 bits per heavy atom. The maximum Gasteiger partial charge on any atom is 0.0473 e. The van der Waals surface area contributed by atoms with Crippen LogP contribution in [0.1, 0.15) is 19.3 Å². The first-order valence-corrected chi connectivity index (χ1v) is 7.12. The van der Waals surface area contributed by atoms with E-state index in [0.29, 0.717) is 0 Å². The zero-order valence-corrected chi connectivity index (χ0v) is 7.04. The maximum absolute atomic E-state index is 2.52. The van der Waals surface area contributed by atoms with Crippen LogP contribution in [0.2, 0.25) is 25.2 Å². The van der Waals surface area contributed by atoms with Crippen molar-refractivity contribution in [2.24, 2.45) is 0 Å². The number of hydrogen-bond acceptors (Lipinski definition) is 0. The lowest BCUT2D eigenvalue weighted by atomic mass is 10.3. The highest BCUT2D eigenvalue weighted by Gasteiger charge is 2.22. The molecule has 1 rings (SSSR count). The predicted octanol–water partition coefficient (Wildman–Crippen LogP) is 2.88. The van der Waals surface area contributed by atoms with Crippen LogP contribution in [0.5, 0.6) is 0 Å². The Morgan fingerprint density at radius 2 is 1.38 bits per heavy atom. The molecule has 1 aliphatic heterocycles. The van der Waals surface area contributed by atoms with Crippen molar-refractivity contribution < 1.29 is 0 Å². The van der Waals surface area contributed by atoms with Crippen LogP contribution >= 0.6 is 0 Å². The molecular weight excluding hydrogens is 112 g/mol. The van der Waals surface area contributed by atoms with Crippen molar-refractivity contribution in [3.05, 3.63) is 0 Å². The van der Waals surface area contributed by atoms with E-state index < -0.39 is 8.07 Å². The summed E-state index contributed by atoms with van der Waals surface area (Å²) in [7, 11) is -0.590. The van der Waals surface area contributed by atoms with Crippen LogP contribution in [0, 0.1) is 0 Å². The first kappa shape index (κ1) is 6.34. The Bertz CT molecular complexity index is 68.5. The molecule has 1 heteroatoms. The highest BCUT2D eigenvalue weighted by atomic mass is 28.3. The summed E-state index contributed by atoms with van der Waals surface area (Å²) in [5, 5.41) is 0. The van der Waals surface area contributed by atoms with Gasteiger partial charge in [0.2, 0.25) is 0 Å². The summed E-state index contributed by atoms with van der Waals surface area (Å²) in [4.78, 5) is 0. The molecule has 0 nitrogen and oxygen atoms in total. The third-order valence-electron chi connectivity index (χ3n) is 2.21. The van der Waals surface area contributed by atoms with Gasteiger partial charge in [0.05, 0.1) is 0 Å². The summed E-state index contributed by atoms with van der Waals surface area (Å²) in [5.41, 5.74) is 0. The van der Waals surface area contributed by atoms with Gasteiger partial charge in [0.1, 0.15) is 0 Å². The van der Waals surface area contributed by atoms with Crippen molar-refractivity contribution in [2.45, 2.75) is 44.4 Å². The van der Waals surface area contributed by atoms with Crippen LogP contribution in [0.15, 0.2) is 0 Å². The summed E-state index contributed by atoms with van der Waals surface area (Å²) in [6.07, 6.45) is 4.56. The molecule has 0 aromatic heterocycles. The minimum atomic E-state index is -0.590. The number of hydrogen-bond donors (Lipinski definition) is 0. The SMILES string of the molecule is C[Si]1(C)CCCCC1. The van der Waals surface area contributed by atoms with E-state index in [1.165, 1.54) is 19.3 Å². The van der Waals surface area contributed by atoms with E-state index in [1.54, 1.807) is 12.1 Å². The van der Waals surface area contributed by atoms with Gasteiger partial charge in [-0.2, -0.15) is 0 Å². The topological polar surface area (TPSA) is 0 Å². The molecule has 1 heterocycles. The molecule has 1 saturated heterocycles. The van der Waals surface area contributed by atoms with Gasteiger partial charge in [-0.25, -0.2) is 0 Å². The normalized spacial score (nSPS) is 27.8. The summed E-state index contributed by atoms with van der Waals surface area (Å²) in [5.74, 6) is 0. The van der Waals surface area contributed by atoms with Crippen molar-refractivity contribution >= 4 is 8.07 Å². The Kier molecular flexibility index (Phi) is 1.76. The standard InChI is InChI=1S/C7H16Si/c1-8(2)6-4-3-5-7-8/h3-7H2,1-2H3. The van der Waals surface area contributed by atoms with Crippen molar-refractivity contribution in [3.63, 3.8) is 0 Å². The van der Waals surface area contributed by atoms with Crippen LogP contribution in [0.4, 0.5) is 0 Å². The molecule has 0 saturated carbocycles. The Labute approximate surface area is 53.3 Å². The summed E-state index contributed by atoms with van der Waals surface area (Å²) in [6, 6.07) is 3.18. The fraction of sp³-hybridized carbons (Fsp3) is 1.00. The van der Waals surface area contributed by atoms with Gasteiger partial charge in [0, 0.05) is 8.07 Å². The average Bonchev–Trinajstić information content (AvgIpc) is 1.65. The summed E-state index contributed by atoms with van der Waals surface area (Å²) >= 11 is 0. The Balaban J connectivity index is 2.33. The monoisotopic (exact) mass is 128 g/mol. The van der Waals surface area contributed by atoms with Crippen molar-refractivity contribution in [1.29, 1.82) is 0 Å². The van der Waals surface area contributed by atoms with Crippen molar-refractivity contribution in [3.8, 4) is 0 Å². The van der Waals surface area contributed by atoms with E-state index in [0.717, 1.165) is 0 Å². The molecule has 0 radical (unpaired) electrons. The smallest absolute Gasteiger partial charge is 0.0473 e. The van der Waals surface area contributed by atoms with E-state index in [4.69, 9.17) is 0 Å². The highest BCUT2D eigenvalue weighted by molar-refractivity contribution is 6.77. The summed E-state index contributed by atoms with van der Waals surface area (Å²) < 4.78 is 0. The zero-order valence-electron chi connectivity index (χ0n) is 6.04. The minimum absolute atomic E-state index is 0.590. The van der Waals surface area contributed by atoms with Gasteiger partial charge in [0.25, 0.3) is 0 Å². The lowest BCUT2D eigenvalue weighted by molar-refractivity contribution is 0.713. The molecule has 48 valence electrons. The molecule has 0 aromatic carbocycles. The van der Waals surface area contributed by atoms with Crippen LogP contribution < -0.4 is 0 Å². The van der Waals surface area contributed by atoms with E-state index in [9.17, 15) is 0 Å². The van der Waals surface area contributed by atoms with Gasteiger partial charge in [-0.15, -0.1) is 0 Å². The van der Waals surface area contributed by atoms with Crippen LogP contribution in [-0.2, 0) is 0 Å². The maximum atomic E-state index is 2.52. The summed E-state index contributed by atoms with van der Waals surface area (Å²) in [6.45, 7) is 5.04. The molecule has 0 amide bonds. The predicted molar refractivity (Wildman–Crippen MR) is 40.9 cm³/mol. The largest absolute Gasteiger partial charge is 0.0693 e. The first-order chi connectivity index (χ1) is 3.71. The van der Waals surface area contributed by atoms with E-state index in [-0.39, 0.29) is 0 Å². The zero-order chi connectivity index (χ0) is 6.04. The molecular formula is C7H16Si. The average molecular weight is 128 g/mol. The Morgan fingerprint density at radius 1 is 0.875 bits per heavy atom. The molecule has 0 unspecified atom stereocenters. The molecule has 0 atom stereocenters. The fourth-order valence-electron chi connectivity index (χ4n) is 1.51. The van der Waals surface area contributed by atoms with E-state index in [1.807, 2.05) is 0 Å². The van der Waals surface area contributed by atoms with Crippen molar-refractivity contribution in [2.75, 3.05) is 0 Å². The molecule has 8 heavy (non-hydrogen) atoms. The third kappa shape index (κ3) is 1.62. The molecule has 1 fully saturated rings. The second-order valence-electron chi connectivity index (χ2n) is 3.72. The lowest BCUT2D eigenvalue weighted by Gasteiger charge is -2.26. The quantitative estimate of drug-likeness (QED) is 0.440. The fourth-order valence-corrected chi connectivity index (χ4v) is 4.17. The molecule has 0 aliphatic carbocycles.